The van der Waals surface area contributed by atoms with E-state index in [2.05, 4.69) is 0 Å². The first kappa shape index (κ1) is 7.27. The van der Waals surface area contributed by atoms with Gasteiger partial charge in [-0.15, -0.1) is 0 Å². The van der Waals surface area contributed by atoms with Gasteiger partial charge < -0.3 is 0 Å². The van der Waals surface area contributed by atoms with Crippen molar-refractivity contribution in [2.24, 2.45) is 0 Å². The van der Waals surface area contributed by atoms with Gasteiger partial charge >= 0.3 is 51.8 Å². The topological polar surface area (TPSA) is 0 Å². The molecule has 0 spiro atoms. The van der Waals surface area contributed by atoms with Gasteiger partial charge in [-0.25, -0.2) is 0 Å². The standard InChI is InChI=1S/C2H4.3ClH.Cr/c1-2;;;;/h1H,2H3;3*1H;/q;;;;+3/p-3. The van der Waals surface area contributed by atoms with Crippen molar-refractivity contribution in [1.82, 2.24) is 0 Å². The zero-order valence-corrected chi connectivity index (χ0v) is 6.66. The average Bonchev–Trinajstić information content (AvgIpc) is 1.35. The molecule has 0 rings (SSSR count). The van der Waals surface area contributed by atoms with Crippen molar-refractivity contribution in [3.63, 3.8) is 0 Å². The van der Waals surface area contributed by atoms with E-state index in [4.69, 9.17) is 30.1 Å². The Morgan fingerprint density at radius 3 is 1.50 bits per heavy atom. The first-order valence-corrected chi connectivity index (χ1v) is 7.28. The third kappa shape index (κ3) is 5.27. The van der Waals surface area contributed by atoms with Crippen LogP contribution in [-0.4, -0.2) is 4.88 Å². The van der Waals surface area contributed by atoms with E-state index >= 15 is 0 Å². The van der Waals surface area contributed by atoms with E-state index in [1.807, 2.05) is 0 Å². The van der Waals surface area contributed by atoms with Crippen LogP contribution in [0.3, 0.4) is 0 Å². The van der Waals surface area contributed by atoms with E-state index in [1.165, 1.54) is 0 Å². The van der Waals surface area contributed by atoms with Gasteiger partial charge in [-0.1, -0.05) is 0 Å². The Kier molecular flexibility index (Phi) is 3.09. The van der Waals surface area contributed by atoms with Crippen LogP contribution in [0.15, 0.2) is 0 Å². The van der Waals surface area contributed by atoms with Crippen molar-refractivity contribution < 1.29 is 9.87 Å². The molecule has 6 heavy (non-hydrogen) atoms. The summed E-state index contributed by atoms with van der Waals surface area (Å²) in [5.41, 5.74) is 0. The van der Waals surface area contributed by atoms with Crippen molar-refractivity contribution >= 4 is 35.0 Å². The number of halogens is 3. The van der Waals surface area contributed by atoms with E-state index in [9.17, 15) is 0 Å². The second-order valence-electron chi connectivity index (χ2n) is 0.678. The SMILES string of the molecule is C[CH]=[Cr]([Cl])([Cl])[Cl]. The maximum absolute atomic E-state index is 5.35. The summed E-state index contributed by atoms with van der Waals surface area (Å²) < 4.78 is 0. The molecule has 0 saturated heterocycles. The molecule has 0 saturated carbocycles. The second-order valence-corrected chi connectivity index (χ2v) is 10.8. The molecule has 0 nitrogen and oxygen atoms in total. The molecule has 0 radical (unpaired) electrons. The van der Waals surface area contributed by atoms with Gasteiger partial charge in [-0.2, -0.15) is 0 Å². The molecule has 0 aromatic heterocycles. The molecule has 0 aromatic rings. The van der Waals surface area contributed by atoms with Gasteiger partial charge in [-0.05, 0) is 0 Å². The summed E-state index contributed by atoms with van der Waals surface area (Å²) in [7, 11) is 13.6. The van der Waals surface area contributed by atoms with Crippen LogP contribution in [0.2, 0.25) is 0 Å². The molecular formula is C2H4Cl3Cr. The molecule has 0 N–H and O–H groups in total. The van der Waals surface area contributed by atoms with Crippen molar-refractivity contribution in [3.8, 4) is 0 Å². The molecule has 0 fully saturated rings. The fourth-order valence-electron chi connectivity index (χ4n) is 0. The number of hydrogen-bond acceptors (Lipinski definition) is 0. The average molecular weight is 186 g/mol. The Morgan fingerprint density at radius 1 is 1.33 bits per heavy atom. The van der Waals surface area contributed by atoms with Crippen LogP contribution in [-0.2, 0) is 9.87 Å². The Hall–Kier alpha value is 1.27. The molecule has 0 aliphatic heterocycles. The molecule has 0 aromatic carbocycles. The first-order valence-electron chi connectivity index (χ1n) is 1.28. The maximum atomic E-state index is 5.35. The molecule has 39 valence electrons. The summed E-state index contributed by atoms with van der Waals surface area (Å²) in [6.45, 7) is 1.76. The zero-order valence-electron chi connectivity index (χ0n) is 3.12. The zero-order chi connectivity index (χ0) is 5.21. The Labute approximate surface area is 51.8 Å². The summed E-state index contributed by atoms with van der Waals surface area (Å²) in [6, 6.07) is 0. The molecular weight excluding hydrogens is 182 g/mol. The van der Waals surface area contributed by atoms with Crippen LogP contribution in [0.5, 0.6) is 0 Å². The molecule has 0 amide bonds. The van der Waals surface area contributed by atoms with Crippen molar-refractivity contribution in [1.29, 1.82) is 0 Å². The van der Waals surface area contributed by atoms with Crippen LogP contribution in [0.1, 0.15) is 6.92 Å². The van der Waals surface area contributed by atoms with Gasteiger partial charge in [0.1, 0.15) is 0 Å². The first-order chi connectivity index (χ1) is 2.56. The van der Waals surface area contributed by atoms with E-state index in [0.717, 1.165) is 0 Å². The van der Waals surface area contributed by atoms with Crippen molar-refractivity contribution in [3.05, 3.63) is 0 Å². The molecule has 0 heterocycles. The van der Waals surface area contributed by atoms with Gasteiger partial charge in [-0.3, -0.25) is 0 Å². The summed E-state index contributed by atoms with van der Waals surface area (Å²) in [4.78, 5) is 1.64. The van der Waals surface area contributed by atoms with Gasteiger partial charge in [0.05, 0.1) is 0 Å². The third-order valence-electron chi connectivity index (χ3n) is 0.267. The minimum absolute atomic E-state index is 1.64. The molecule has 0 bridgehead atoms. The predicted octanol–water partition coefficient (Wildman–Crippen LogP) is 2.42. The second kappa shape index (κ2) is 2.55. The monoisotopic (exact) mass is 185 g/mol. The Bertz CT molecular complexity index is 72.5. The van der Waals surface area contributed by atoms with Gasteiger partial charge in [0.2, 0.25) is 0 Å². The number of hydrogen-bond donors (Lipinski definition) is 0. The van der Waals surface area contributed by atoms with E-state index in [0.29, 0.717) is 0 Å². The van der Waals surface area contributed by atoms with Gasteiger partial charge in [0, 0.05) is 0 Å². The van der Waals surface area contributed by atoms with Crippen LogP contribution in [0.25, 0.3) is 0 Å². The van der Waals surface area contributed by atoms with Crippen LogP contribution >= 0.6 is 30.1 Å². The quantitative estimate of drug-likeness (QED) is 0.545. The molecule has 0 aliphatic rings. The fraction of sp³-hybridized carbons (Fsp3) is 0.500. The number of rotatable bonds is 0. The molecule has 0 aliphatic carbocycles. The van der Waals surface area contributed by atoms with E-state index in [1.54, 1.807) is 11.8 Å². The minimum atomic E-state index is -2.49. The van der Waals surface area contributed by atoms with Crippen LogP contribution in [0.4, 0.5) is 0 Å². The van der Waals surface area contributed by atoms with Crippen LogP contribution in [0, 0.1) is 0 Å². The Balaban J connectivity index is 3.79. The van der Waals surface area contributed by atoms with E-state index < -0.39 is 9.87 Å². The van der Waals surface area contributed by atoms with Crippen LogP contribution < -0.4 is 0 Å². The summed E-state index contributed by atoms with van der Waals surface area (Å²) in [6.07, 6.45) is 0. The summed E-state index contributed by atoms with van der Waals surface area (Å²) in [5, 5.41) is 0. The summed E-state index contributed by atoms with van der Waals surface area (Å²) in [5.74, 6) is 0. The van der Waals surface area contributed by atoms with Gasteiger partial charge in [0.15, 0.2) is 0 Å². The van der Waals surface area contributed by atoms with Crippen molar-refractivity contribution in [2.45, 2.75) is 6.92 Å². The predicted molar refractivity (Wildman–Crippen MR) is 29.3 cm³/mol. The normalized spacial score (nSPS) is 11.3. The summed E-state index contributed by atoms with van der Waals surface area (Å²) >= 11 is 0. The molecule has 4 heteroatoms. The fourth-order valence-corrected chi connectivity index (χ4v) is 0. The van der Waals surface area contributed by atoms with E-state index in [-0.39, 0.29) is 0 Å². The van der Waals surface area contributed by atoms with Crippen molar-refractivity contribution in [2.75, 3.05) is 0 Å². The molecule has 0 atom stereocenters. The van der Waals surface area contributed by atoms with Gasteiger partial charge in [0.25, 0.3) is 0 Å². The molecule has 0 unspecified atom stereocenters. The third-order valence-corrected chi connectivity index (χ3v) is 3.31. The Morgan fingerprint density at radius 2 is 1.50 bits per heavy atom.